The van der Waals surface area contributed by atoms with Gasteiger partial charge in [-0.15, -0.1) is 0 Å². The Morgan fingerprint density at radius 2 is 1.94 bits per heavy atom. The number of ether oxygens (including phenoxy) is 1. The quantitative estimate of drug-likeness (QED) is 0.490. The fraction of sp³-hybridized carbons (Fsp3) is 0.273. The molecule has 0 aliphatic rings. The summed E-state index contributed by atoms with van der Waals surface area (Å²) in [5.41, 5.74) is 1.08. The molecule has 13 heteroatoms. The predicted molar refractivity (Wildman–Crippen MR) is 121 cm³/mol. The van der Waals surface area contributed by atoms with E-state index in [1.807, 2.05) is 6.07 Å². The number of anilines is 1. The largest absolute Gasteiger partial charge is 0.423 e. The number of para-hydroxylation sites is 1. The van der Waals surface area contributed by atoms with E-state index < -0.39 is 34.8 Å². The molecule has 0 amide bonds. The Balaban J connectivity index is 2.01. The van der Waals surface area contributed by atoms with Crippen molar-refractivity contribution in [3.8, 4) is 29.1 Å². The summed E-state index contributed by atoms with van der Waals surface area (Å²) in [5, 5.41) is 9.38. The van der Waals surface area contributed by atoms with Crippen LogP contribution in [-0.2, 0) is 17.1 Å². The molecule has 1 aromatic carbocycles. The van der Waals surface area contributed by atoms with E-state index in [0.717, 1.165) is 0 Å². The van der Waals surface area contributed by atoms with Crippen LogP contribution >= 0.6 is 0 Å². The number of nitriles is 1. The Kier molecular flexibility index (Phi) is 7.45. The van der Waals surface area contributed by atoms with Crippen molar-refractivity contribution < 1.29 is 26.3 Å². The van der Waals surface area contributed by atoms with Gasteiger partial charge < -0.3 is 9.30 Å². The Labute approximate surface area is 198 Å². The van der Waals surface area contributed by atoms with Crippen LogP contribution < -0.4 is 15.0 Å². The van der Waals surface area contributed by atoms with Gasteiger partial charge in [-0.25, -0.2) is 8.42 Å². The molecule has 0 saturated carbocycles. The molecule has 0 atom stereocenters. The first-order chi connectivity index (χ1) is 16.4. The zero-order valence-corrected chi connectivity index (χ0v) is 19.4. The van der Waals surface area contributed by atoms with Crippen molar-refractivity contribution in [2.45, 2.75) is 25.9 Å². The number of pyridine rings is 1. The molecule has 0 spiro atoms. The van der Waals surface area contributed by atoms with Crippen LogP contribution in [0.15, 0.2) is 47.4 Å². The van der Waals surface area contributed by atoms with Crippen LogP contribution in [0.2, 0.25) is 0 Å². The molecule has 3 rings (SSSR count). The summed E-state index contributed by atoms with van der Waals surface area (Å²) in [6, 6.07) is 10.5. The van der Waals surface area contributed by atoms with E-state index in [-0.39, 0.29) is 34.4 Å². The molecule has 35 heavy (non-hydrogen) atoms. The summed E-state index contributed by atoms with van der Waals surface area (Å²) in [6.45, 7) is 1.69. The van der Waals surface area contributed by atoms with Crippen molar-refractivity contribution in [1.82, 2.24) is 14.5 Å². The second-order valence-electron chi connectivity index (χ2n) is 7.59. The molecule has 3 aromatic rings. The van der Waals surface area contributed by atoms with Crippen LogP contribution in [0, 0.1) is 18.3 Å². The third-order valence-electron chi connectivity index (χ3n) is 4.75. The average molecular weight is 507 g/mol. The lowest BCUT2D eigenvalue weighted by atomic mass is 10.1. The normalized spacial score (nSPS) is 11.7. The summed E-state index contributed by atoms with van der Waals surface area (Å²) >= 11 is 0. The number of hydrogen-bond donors (Lipinski definition) is 1. The number of rotatable bonds is 8. The van der Waals surface area contributed by atoms with Gasteiger partial charge in [-0.3, -0.25) is 9.52 Å². The monoisotopic (exact) mass is 507 g/mol. The van der Waals surface area contributed by atoms with Crippen molar-refractivity contribution in [1.29, 1.82) is 5.26 Å². The minimum absolute atomic E-state index is 0.159. The van der Waals surface area contributed by atoms with E-state index in [2.05, 4.69) is 14.7 Å². The highest BCUT2D eigenvalue weighted by Gasteiger charge is 2.27. The van der Waals surface area contributed by atoms with E-state index in [1.54, 1.807) is 19.1 Å². The number of benzene rings is 1. The number of nitrogens with zero attached hydrogens (tertiary/aromatic N) is 4. The summed E-state index contributed by atoms with van der Waals surface area (Å²) in [6.07, 6.45) is -4.90. The van der Waals surface area contributed by atoms with Crippen LogP contribution in [0.25, 0.3) is 11.3 Å². The fourth-order valence-corrected chi connectivity index (χ4v) is 4.11. The first kappa shape index (κ1) is 25.7. The van der Waals surface area contributed by atoms with Gasteiger partial charge in [0.15, 0.2) is 5.75 Å². The zero-order valence-electron chi connectivity index (χ0n) is 18.6. The zero-order chi connectivity index (χ0) is 25.8. The van der Waals surface area contributed by atoms with Gasteiger partial charge in [0.05, 0.1) is 17.0 Å². The van der Waals surface area contributed by atoms with E-state index in [9.17, 15) is 31.6 Å². The Morgan fingerprint density at radius 3 is 2.60 bits per heavy atom. The molecule has 0 unspecified atom stereocenters. The topological polar surface area (TPSA) is 127 Å². The molecule has 0 fully saturated rings. The second kappa shape index (κ2) is 10.1. The summed E-state index contributed by atoms with van der Waals surface area (Å²) in [4.78, 5) is 20.0. The number of nitrogens with one attached hydrogen (secondary N) is 1. The van der Waals surface area contributed by atoms with Crippen LogP contribution in [0.1, 0.15) is 24.0 Å². The third kappa shape index (κ3) is 7.03. The third-order valence-corrected chi connectivity index (χ3v) is 6.09. The molecule has 2 heterocycles. The minimum atomic E-state index is -4.48. The van der Waals surface area contributed by atoms with Crippen LogP contribution in [0.5, 0.6) is 11.8 Å². The maximum atomic E-state index is 12.4. The molecule has 0 radical (unpaired) electrons. The Bertz CT molecular complexity index is 1450. The number of alkyl halides is 3. The lowest BCUT2D eigenvalue weighted by molar-refractivity contribution is -0.134. The summed E-state index contributed by atoms with van der Waals surface area (Å²) in [5.74, 6) is -0.873. The molecular formula is C22H20F3N5O4S. The molecule has 1 N–H and O–H groups in total. The van der Waals surface area contributed by atoms with Gasteiger partial charge in [0.25, 0.3) is 0 Å². The van der Waals surface area contributed by atoms with Crippen LogP contribution in [-0.4, -0.2) is 34.9 Å². The highest BCUT2D eigenvalue weighted by atomic mass is 32.2. The minimum Gasteiger partial charge on any atom is -0.423 e. The van der Waals surface area contributed by atoms with Gasteiger partial charge in [-0.2, -0.15) is 28.4 Å². The molecule has 0 bridgehead atoms. The molecule has 0 saturated heterocycles. The standard InChI is InChI=1S/C22H20F3N5O4S/c1-14-5-3-6-15(12-26)20(14)34-21-27-17(16-7-8-19(31)30(2)13-16)11-18(28-21)29-35(32,33)10-4-9-22(23,24)25/h3,5-8,11,13H,4,9-10H2,1-2H3,(H,27,28,29). The molecule has 0 aliphatic carbocycles. The second-order valence-corrected chi connectivity index (χ2v) is 9.43. The lowest BCUT2D eigenvalue weighted by Crippen LogP contribution is -2.20. The van der Waals surface area contributed by atoms with E-state index in [4.69, 9.17) is 4.74 Å². The fourth-order valence-electron chi connectivity index (χ4n) is 3.06. The van der Waals surface area contributed by atoms with E-state index >= 15 is 0 Å². The number of halogens is 3. The SMILES string of the molecule is Cc1cccc(C#N)c1Oc1nc(NS(=O)(=O)CCCC(F)(F)F)cc(-c2ccc(=O)n(C)c2)n1. The van der Waals surface area contributed by atoms with Crippen molar-refractivity contribution >= 4 is 15.8 Å². The van der Waals surface area contributed by atoms with Gasteiger partial charge in [-0.1, -0.05) is 12.1 Å². The molecule has 184 valence electrons. The lowest BCUT2D eigenvalue weighted by Gasteiger charge is -2.13. The summed E-state index contributed by atoms with van der Waals surface area (Å²) < 4.78 is 71.2. The first-order valence-corrected chi connectivity index (χ1v) is 11.8. The van der Waals surface area contributed by atoms with Crippen LogP contribution in [0.4, 0.5) is 19.0 Å². The first-order valence-electron chi connectivity index (χ1n) is 10.2. The highest BCUT2D eigenvalue weighted by Crippen LogP contribution is 2.30. The Hall–Kier alpha value is -3.92. The molecule has 2 aromatic heterocycles. The van der Waals surface area contributed by atoms with Gasteiger partial charge in [-0.05, 0) is 31.0 Å². The van der Waals surface area contributed by atoms with E-state index in [1.165, 1.54) is 42.1 Å². The molecule has 9 nitrogen and oxygen atoms in total. The van der Waals surface area contributed by atoms with Crippen molar-refractivity contribution in [3.05, 3.63) is 64.1 Å². The molecular weight excluding hydrogens is 487 g/mol. The maximum absolute atomic E-state index is 12.4. The van der Waals surface area contributed by atoms with Crippen molar-refractivity contribution in [2.75, 3.05) is 10.5 Å². The van der Waals surface area contributed by atoms with Gasteiger partial charge >= 0.3 is 12.2 Å². The van der Waals surface area contributed by atoms with Crippen LogP contribution in [0.3, 0.4) is 0 Å². The van der Waals surface area contributed by atoms with Gasteiger partial charge in [0.2, 0.25) is 15.6 Å². The average Bonchev–Trinajstić information content (AvgIpc) is 2.75. The number of aromatic nitrogens is 3. The van der Waals surface area contributed by atoms with E-state index in [0.29, 0.717) is 11.1 Å². The highest BCUT2D eigenvalue weighted by molar-refractivity contribution is 7.92. The maximum Gasteiger partial charge on any atom is 0.389 e. The Morgan fingerprint density at radius 1 is 1.20 bits per heavy atom. The number of aryl methyl sites for hydroxylation is 2. The summed E-state index contributed by atoms with van der Waals surface area (Å²) in [7, 11) is -2.67. The number of hydrogen-bond acceptors (Lipinski definition) is 7. The smallest absolute Gasteiger partial charge is 0.389 e. The van der Waals surface area contributed by atoms with Crippen molar-refractivity contribution in [2.24, 2.45) is 7.05 Å². The van der Waals surface area contributed by atoms with Gasteiger partial charge in [0.1, 0.15) is 11.9 Å². The van der Waals surface area contributed by atoms with Crippen molar-refractivity contribution in [3.63, 3.8) is 0 Å². The molecule has 0 aliphatic heterocycles. The predicted octanol–water partition coefficient (Wildman–Crippen LogP) is 3.90. The van der Waals surface area contributed by atoms with Gasteiger partial charge in [0, 0.05) is 37.4 Å². The number of sulfonamides is 1.